The van der Waals surface area contributed by atoms with Crippen LogP contribution in [0.1, 0.15) is 24.1 Å². The second kappa shape index (κ2) is 7.08. The fourth-order valence-electron chi connectivity index (χ4n) is 1.84. The predicted molar refractivity (Wildman–Crippen MR) is 84.9 cm³/mol. The first-order chi connectivity index (χ1) is 10.1. The van der Waals surface area contributed by atoms with Crippen LogP contribution in [-0.4, -0.2) is 23.2 Å². The highest BCUT2D eigenvalue weighted by Crippen LogP contribution is 2.24. The van der Waals surface area contributed by atoms with Crippen molar-refractivity contribution in [1.29, 1.82) is 0 Å². The monoisotopic (exact) mass is 349 g/mol. The third-order valence-electron chi connectivity index (χ3n) is 2.98. The van der Waals surface area contributed by atoms with Crippen molar-refractivity contribution in [3.8, 4) is 5.75 Å². The van der Waals surface area contributed by atoms with Gasteiger partial charge in [0.2, 0.25) is 5.91 Å². The van der Waals surface area contributed by atoms with E-state index in [0.29, 0.717) is 5.75 Å². The summed E-state index contributed by atoms with van der Waals surface area (Å²) < 4.78 is 6.18. The number of H-pyrrole nitrogens is 1. The fourth-order valence-corrected chi connectivity index (χ4v) is 2.22. The van der Waals surface area contributed by atoms with Gasteiger partial charge in [-0.3, -0.25) is 9.89 Å². The summed E-state index contributed by atoms with van der Waals surface area (Å²) in [7, 11) is 1.60. The number of hydrogen-bond acceptors (Lipinski definition) is 3. The van der Waals surface area contributed by atoms with Gasteiger partial charge in [-0.15, -0.1) is 0 Å². The molecule has 1 aromatic carbocycles. The van der Waals surface area contributed by atoms with Gasteiger partial charge in [0.1, 0.15) is 5.75 Å². The molecule has 2 rings (SSSR count). The Labute approximate surface area is 131 Å². The lowest BCUT2D eigenvalue weighted by molar-refractivity contribution is -0.117. The van der Waals surface area contributed by atoms with Gasteiger partial charge in [-0.2, -0.15) is 5.10 Å². The topological polar surface area (TPSA) is 67.0 Å². The van der Waals surface area contributed by atoms with Crippen LogP contribution in [0.15, 0.2) is 41.1 Å². The number of rotatable bonds is 5. The van der Waals surface area contributed by atoms with Crippen LogP contribution in [0.3, 0.4) is 0 Å². The molecule has 2 aromatic rings. The number of nitrogens with zero attached hydrogens (tertiary/aromatic N) is 1. The third kappa shape index (κ3) is 4.19. The zero-order chi connectivity index (χ0) is 15.2. The van der Waals surface area contributed by atoms with E-state index >= 15 is 0 Å². The van der Waals surface area contributed by atoms with Crippen molar-refractivity contribution < 1.29 is 9.53 Å². The van der Waals surface area contributed by atoms with Crippen molar-refractivity contribution in [1.82, 2.24) is 15.5 Å². The minimum atomic E-state index is -0.175. The second-order valence-electron chi connectivity index (χ2n) is 4.48. The summed E-state index contributed by atoms with van der Waals surface area (Å²) >= 11 is 3.40. The molecular weight excluding hydrogens is 334 g/mol. The van der Waals surface area contributed by atoms with Gasteiger partial charge in [0.15, 0.2) is 0 Å². The molecule has 0 radical (unpaired) electrons. The van der Waals surface area contributed by atoms with Gasteiger partial charge in [0, 0.05) is 27.9 Å². The summed E-state index contributed by atoms with van der Waals surface area (Å²) in [6.45, 7) is 1.90. The first-order valence-electron chi connectivity index (χ1n) is 6.41. The molecule has 5 nitrogen and oxygen atoms in total. The minimum absolute atomic E-state index is 0.106. The molecule has 1 atom stereocenters. The normalized spacial score (nSPS) is 12.3. The second-order valence-corrected chi connectivity index (χ2v) is 5.40. The number of benzene rings is 1. The number of carbonyl (C=O) groups excluding carboxylic acids is 1. The highest BCUT2D eigenvalue weighted by molar-refractivity contribution is 9.10. The SMILES string of the molecule is COc1ccc(Br)cc1/C=C/C(=O)NC(C)c1cn[nH]c1. The van der Waals surface area contributed by atoms with E-state index in [0.717, 1.165) is 15.6 Å². The number of methoxy groups -OCH3 is 1. The zero-order valence-corrected chi connectivity index (χ0v) is 13.3. The van der Waals surface area contributed by atoms with E-state index in [1.54, 1.807) is 25.6 Å². The molecule has 6 heteroatoms. The maximum atomic E-state index is 11.9. The molecular formula is C15H16BrN3O2. The Morgan fingerprint density at radius 2 is 2.33 bits per heavy atom. The van der Waals surface area contributed by atoms with Crippen LogP contribution in [0.25, 0.3) is 6.08 Å². The minimum Gasteiger partial charge on any atom is -0.496 e. The van der Waals surface area contributed by atoms with E-state index in [1.165, 1.54) is 6.08 Å². The Morgan fingerprint density at radius 1 is 1.52 bits per heavy atom. The number of aromatic amines is 1. The van der Waals surface area contributed by atoms with Crippen LogP contribution < -0.4 is 10.1 Å². The molecule has 1 unspecified atom stereocenters. The molecule has 0 aliphatic rings. The van der Waals surface area contributed by atoms with E-state index in [-0.39, 0.29) is 11.9 Å². The van der Waals surface area contributed by atoms with Gasteiger partial charge < -0.3 is 10.1 Å². The smallest absolute Gasteiger partial charge is 0.244 e. The molecule has 0 aliphatic heterocycles. The van der Waals surface area contributed by atoms with Crippen molar-refractivity contribution in [2.24, 2.45) is 0 Å². The summed E-state index contributed by atoms with van der Waals surface area (Å²) in [5, 5.41) is 9.45. The number of aromatic nitrogens is 2. The number of hydrogen-bond donors (Lipinski definition) is 2. The van der Waals surface area contributed by atoms with Gasteiger partial charge >= 0.3 is 0 Å². The summed E-state index contributed by atoms with van der Waals surface area (Å²) in [6.07, 6.45) is 6.65. The predicted octanol–water partition coefficient (Wildman–Crippen LogP) is 3.07. The molecule has 0 saturated heterocycles. The van der Waals surface area contributed by atoms with E-state index in [2.05, 4.69) is 31.4 Å². The van der Waals surface area contributed by atoms with Gasteiger partial charge in [0.25, 0.3) is 0 Å². The van der Waals surface area contributed by atoms with Crippen LogP contribution in [-0.2, 0) is 4.79 Å². The van der Waals surface area contributed by atoms with E-state index < -0.39 is 0 Å². The summed E-state index contributed by atoms with van der Waals surface area (Å²) in [4.78, 5) is 11.9. The highest BCUT2D eigenvalue weighted by Gasteiger charge is 2.08. The van der Waals surface area contributed by atoms with Crippen LogP contribution in [0.4, 0.5) is 0 Å². The van der Waals surface area contributed by atoms with Crippen molar-refractivity contribution >= 4 is 27.9 Å². The molecule has 0 bridgehead atoms. The zero-order valence-electron chi connectivity index (χ0n) is 11.8. The molecule has 0 spiro atoms. The van der Waals surface area contributed by atoms with Crippen LogP contribution in [0, 0.1) is 0 Å². The maximum absolute atomic E-state index is 11.9. The van der Waals surface area contributed by atoms with Gasteiger partial charge in [-0.1, -0.05) is 15.9 Å². The summed E-state index contributed by atoms with van der Waals surface area (Å²) in [6, 6.07) is 5.51. The Balaban J connectivity index is 2.04. The number of ether oxygens (including phenoxy) is 1. The number of nitrogens with one attached hydrogen (secondary N) is 2. The molecule has 1 aromatic heterocycles. The molecule has 0 fully saturated rings. The Hall–Kier alpha value is -2.08. The molecule has 21 heavy (non-hydrogen) atoms. The fraction of sp³-hybridized carbons (Fsp3) is 0.200. The lowest BCUT2D eigenvalue weighted by atomic mass is 10.1. The van der Waals surface area contributed by atoms with Crippen molar-refractivity contribution in [2.75, 3.05) is 7.11 Å². The summed E-state index contributed by atoms with van der Waals surface area (Å²) in [5.41, 5.74) is 1.76. The molecule has 1 amide bonds. The Kier molecular flexibility index (Phi) is 5.16. The highest BCUT2D eigenvalue weighted by atomic mass is 79.9. The van der Waals surface area contributed by atoms with Crippen LogP contribution in [0.5, 0.6) is 5.75 Å². The quantitative estimate of drug-likeness (QED) is 0.815. The van der Waals surface area contributed by atoms with Crippen LogP contribution >= 0.6 is 15.9 Å². The molecule has 2 N–H and O–H groups in total. The largest absolute Gasteiger partial charge is 0.496 e. The standard InChI is InChI=1S/C15H16BrN3O2/c1-10(12-8-17-18-9-12)19-15(20)6-3-11-7-13(16)4-5-14(11)21-2/h3-10H,1-2H3,(H,17,18)(H,19,20)/b6-3+. The number of halogens is 1. The van der Waals surface area contributed by atoms with Crippen molar-refractivity contribution in [3.63, 3.8) is 0 Å². The third-order valence-corrected chi connectivity index (χ3v) is 3.48. The first kappa shape index (κ1) is 15.3. The van der Waals surface area contributed by atoms with Gasteiger partial charge in [-0.05, 0) is 31.2 Å². The van der Waals surface area contributed by atoms with Crippen molar-refractivity contribution in [3.05, 3.63) is 52.3 Å². The molecule has 0 aliphatic carbocycles. The van der Waals surface area contributed by atoms with E-state index in [9.17, 15) is 4.79 Å². The van der Waals surface area contributed by atoms with Gasteiger partial charge in [-0.25, -0.2) is 0 Å². The van der Waals surface area contributed by atoms with Gasteiger partial charge in [0.05, 0.1) is 19.3 Å². The Bertz CT molecular complexity index is 638. The lowest BCUT2D eigenvalue weighted by Crippen LogP contribution is -2.24. The number of carbonyl (C=O) groups is 1. The number of amides is 1. The lowest BCUT2D eigenvalue weighted by Gasteiger charge is -2.10. The molecule has 110 valence electrons. The summed E-state index contributed by atoms with van der Waals surface area (Å²) in [5.74, 6) is 0.538. The maximum Gasteiger partial charge on any atom is 0.244 e. The Morgan fingerprint density at radius 3 is 3.00 bits per heavy atom. The van der Waals surface area contributed by atoms with E-state index in [4.69, 9.17) is 4.74 Å². The molecule has 1 heterocycles. The van der Waals surface area contributed by atoms with Crippen molar-refractivity contribution in [2.45, 2.75) is 13.0 Å². The van der Waals surface area contributed by atoms with Crippen LogP contribution in [0.2, 0.25) is 0 Å². The van der Waals surface area contributed by atoms with E-state index in [1.807, 2.05) is 25.1 Å². The molecule has 0 saturated carbocycles. The average molecular weight is 350 g/mol. The first-order valence-corrected chi connectivity index (χ1v) is 7.20. The average Bonchev–Trinajstić information content (AvgIpc) is 2.99.